The molecular formula is C11H20NO2. The van der Waals surface area contributed by atoms with Crippen LogP contribution in [0.1, 0.15) is 52.9 Å². The zero-order chi connectivity index (χ0) is 10.6. The average molecular weight is 198 g/mol. The van der Waals surface area contributed by atoms with Crippen LogP contribution in [0.25, 0.3) is 0 Å². The van der Waals surface area contributed by atoms with Crippen LogP contribution in [0.4, 0.5) is 4.79 Å². The Labute approximate surface area is 86.2 Å². The summed E-state index contributed by atoms with van der Waals surface area (Å²) < 4.78 is 5.17. The minimum atomic E-state index is -0.403. The number of alkyl carbamates (subject to hydrolysis) is 1. The van der Waals surface area contributed by atoms with Gasteiger partial charge in [0.2, 0.25) is 0 Å². The third-order valence-corrected chi connectivity index (χ3v) is 2.13. The fraction of sp³-hybridized carbons (Fsp3) is 0.818. The highest BCUT2D eigenvalue weighted by Crippen LogP contribution is 2.23. The largest absolute Gasteiger partial charge is 0.444 e. The van der Waals surface area contributed by atoms with E-state index in [1.807, 2.05) is 20.8 Å². The first-order chi connectivity index (χ1) is 6.47. The molecule has 0 atom stereocenters. The van der Waals surface area contributed by atoms with E-state index in [1.165, 1.54) is 19.3 Å². The van der Waals surface area contributed by atoms with Crippen LogP contribution >= 0.6 is 0 Å². The second-order valence-electron chi connectivity index (χ2n) is 4.79. The molecule has 0 aliphatic heterocycles. The number of carbonyl (C=O) groups is 1. The summed E-state index contributed by atoms with van der Waals surface area (Å²) in [4.78, 5) is 11.4. The van der Waals surface area contributed by atoms with Crippen molar-refractivity contribution in [3.8, 4) is 0 Å². The van der Waals surface area contributed by atoms with Crippen molar-refractivity contribution in [2.75, 3.05) is 0 Å². The van der Waals surface area contributed by atoms with Gasteiger partial charge in [-0.25, -0.2) is 4.79 Å². The van der Waals surface area contributed by atoms with Crippen LogP contribution in [0, 0.1) is 6.04 Å². The predicted octanol–water partition coefficient (Wildman–Crippen LogP) is 3.01. The molecule has 14 heavy (non-hydrogen) atoms. The van der Waals surface area contributed by atoms with Crippen molar-refractivity contribution >= 4 is 6.09 Å². The van der Waals surface area contributed by atoms with Gasteiger partial charge in [-0.15, -0.1) is 0 Å². The number of amides is 1. The Hall–Kier alpha value is -0.730. The molecule has 3 heteroatoms. The van der Waals surface area contributed by atoms with Crippen LogP contribution < -0.4 is 5.32 Å². The smallest absolute Gasteiger partial charge is 0.408 e. The summed E-state index contributed by atoms with van der Waals surface area (Å²) in [5, 5.41) is 2.83. The lowest BCUT2D eigenvalue weighted by Gasteiger charge is -2.25. The topological polar surface area (TPSA) is 38.3 Å². The van der Waals surface area contributed by atoms with E-state index in [1.54, 1.807) is 0 Å². The van der Waals surface area contributed by atoms with E-state index in [0.717, 1.165) is 18.9 Å². The van der Waals surface area contributed by atoms with Gasteiger partial charge in [-0.2, -0.15) is 0 Å². The van der Waals surface area contributed by atoms with Crippen molar-refractivity contribution in [1.82, 2.24) is 5.32 Å². The maximum absolute atomic E-state index is 11.4. The minimum absolute atomic E-state index is 0.311. The van der Waals surface area contributed by atoms with E-state index in [0.29, 0.717) is 0 Å². The molecule has 0 aromatic carbocycles. The molecule has 1 aliphatic carbocycles. The van der Waals surface area contributed by atoms with Crippen molar-refractivity contribution in [1.29, 1.82) is 0 Å². The highest BCUT2D eigenvalue weighted by atomic mass is 16.6. The van der Waals surface area contributed by atoms with E-state index in [4.69, 9.17) is 4.74 Å². The lowest BCUT2D eigenvalue weighted by atomic mass is 9.96. The van der Waals surface area contributed by atoms with Crippen molar-refractivity contribution in [3.05, 3.63) is 6.04 Å². The normalized spacial score (nSPS) is 19.1. The average Bonchev–Trinajstić information content (AvgIpc) is 2.02. The van der Waals surface area contributed by atoms with Crippen LogP contribution in [-0.2, 0) is 4.74 Å². The highest BCUT2D eigenvalue weighted by molar-refractivity contribution is 5.69. The number of rotatable bonds is 1. The SMILES string of the molecule is CC(C)(C)OC(=O)N[C]1CCCCC1. The fourth-order valence-corrected chi connectivity index (χ4v) is 1.55. The maximum Gasteiger partial charge on any atom is 0.408 e. The van der Waals surface area contributed by atoms with E-state index >= 15 is 0 Å². The molecule has 1 fully saturated rings. The minimum Gasteiger partial charge on any atom is -0.444 e. The van der Waals surface area contributed by atoms with Gasteiger partial charge in [-0.1, -0.05) is 19.3 Å². The molecule has 1 amide bonds. The molecule has 1 radical (unpaired) electrons. The Morgan fingerprint density at radius 3 is 2.29 bits per heavy atom. The van der Waals surface area contributed by atoms with Gasteiger partial charge in [0.15, 0.2) is 0 Å². The molecule has 0 unspecified atom stereocenters. The molecule has 0 aromatic heterocycles. The maximum atomic E-state index is 11.4. The first-order valence-electron chi connectivity index (χ1n) is 5.32. The van der Waals surface area contributed by atoms with E-state index in [2.05, 4.69) is 5.32 Å². The third kappa shape index (κ3) is 4.49. The summed E-state index contributed by atoms with van der Waals surface area (Å²) >= 11 is 0. The lowest BCUT2D eigenvalue weighted by Crippen LogP contribution is -2.35. The van der Waals surface area contributed by atoms with Crippen LogP contribution in [-0.4, -0.2) is 11.7 Å². The van der Waals surface area contributed by atoms with Gasteiger partial charge in [-0.3, -0.25) is 0 Å². The second-order valence-corrected chi connectivity index (χ2v) is 4.79. The molecule has 0 aromatic rings. The molecule has 1 N–H and O–H groups in total. The lowest BCUT2D eigenvalue weighted by molar-refractivity contribution is 0.0524. The zero-order valence-electron chi connectivity index (χ0n) is 9.35. The number of ether oxygens (including phenoxy) is 1. The zero-order valence-corrected chi connectivity index (χ0v) is 9.35. The highest BCUT2D eigenvalue weighted by Gasteiger charge is 2.21. The molecule has 0 heterocycles. The van der Waals surface area contributed by atoms with Gasteiger partial charge in [0, 0.05) is 0 Å². The monoisotopic (exact) mass is 198 g/mol. The van der Waals surface area contributed by atoms with Crippen molar-refractivity contribution in [2.45, 2.75) is 58.5 Å². The summed E-state index contributed by atoms with van der Waals surface area (Å²) in [6.45, 7) is 5.62. The van der Waals surface area contributed by atoms with Gasteiger partial charge in [0.25, 0.3) is 0 Å². The molecule has 0 saturated heterocycles. The molecule has 0 bridgehead atoms. The van der Waals surface area contributed by atoms with Crippen LogP contribution in [0.3, 0.4) is 0 Å². The van der Waals surface area contributed by atoms with Gasteiger partial charge in [0.05, 0.1) is 6.04 Å². The fourth-order valence-electron chi connectivity index (χ4n) is 1.55. The first kappa shape index (κ1) is 11.3. The molecule has 0 spiro atoms. The molecule has 3 nitrogen and oxygen atoms in total. The van der Waals surface area contributed by atoms with E-state index in [-0.39, 0.29) is 6.09 Å². The van der Waals surface area contributed by atoms with Crippen molar-refractivity contribution < 1.29 is 9.53 Å². The summed E-state index contributed by atoms with van der Waals surface area (Å²) in [5.41, 5.74) is -0.403. The summed E-state index contributed by atoms with van der Waals surface area (Å²) in [6, 6.07) is 1.13. The molecule has 1 saturated carbocycles. The quantitative estimate of drug-likeness (QED) is 0.703. The predicted molar refractivity (Wildman–Crippen MR) is 55.7 cm³/mol. The second kappa shape index (κ2) is 4.67. The summed E-state index contributed by atoms with van der Waals surface area (Å²) in [7, 11) is 0. The number of hydrogen-bond donors (Lipinski definition) is 1. The van der Waals surface area contributed by atoms with Crippen molar-refractivity contribution in [2.24, 2.45) is 0 Å². The Kier molecular flexibility index (Phi) is 3.78. The number of nitrogens with one attached hydrogen (secondary N) is 1. The van der Waals surface area contributed by atoms with Gasteiger partial charge < -0.3 is 10.1 Å². The van der Waals surface area contributed by atoms with E-state index < -0.39 is 5.60 Å². The van der Waals surface area contributed by atoms with Gasteiger partial charge >= 0.3 is 6.09 Å². The van der Waals surface area contributed by atoms with Crippen LogP contribution in [0.2, 0.25) is 0 Å². The Morgan fingerprint density at radius 2 is 1.79 bits per heavy atom. The van der Waals surface area contributed by atoms with Gasteiger partial charge in [0.1, 0.15) is 5.60 Å². The molecule has 1 rings (SSSR count). The standard InChI is InChI=1S/C11H20NO2/c1-11(2,3)14-10(13)12-9-7-5-4-6-8-9/h4-8H2,1-3H3,(H,12,13). The summed E-state index contributed by atoms with van der Waals surface area (Å²) in [6.07, 6.45) is 5.36. The Bertz CT molecular complexity index is 190. The number of carbonyl (C=O) groups excluding carboxylic acids is 1. The van der Waals surface area contributed by atoms with Crippen molar-refractivity contribution in [3.63, 3.8) is 0 Å². The Morgan fingerprint density at radius 1 is 1.21 bits per heavy atom. The summed E-state index contributed by atoms with van der Waals surface area (Å²) in [5.74, 6) is 0. The molecular weight excluding hydrogens is 178 g/mol. The van der Waals surface area contributed by atoms with Gasteiger partial charge in [-0.05, 0) is 33.6 Å². The van der Waals surface area contributed by atoms with Crippen LogP contribution in [0.5, 0.6) is 0 Å². The number of hydrogen-bond acceptors (Lipinski definition) is 2. The van der Waals surface area contributed by atoms with Crippen LogP contribution in [0.15, 0.2) is 0 Å². The first-order valence-corrected chi connectivity index (χ1v) is 5.32. The van der Waals surface area contributed by atoms with E-state index in [9.17, 15) is 4.79 Å². The third-order valence-electron chi connectivity index (χ3n) is 2.13. The molecule has 1 aliphatic rings. The molecule has 81 valence electrons. The Balaban J connectivity index is 2.25.